The molecule has 4 nitrogen and oxygen atoms in total. The number of rotatable bonds is 4. The standard InChI is InChI=1S/C13H26N2O2/c1-16-12-13(3-5-14-6-4-13)11-15-7-2-9-17-10-8-15/h14H,2-12H2,1H3. The van der Waals surface area contributed by atoms with E-state index in [9.17, 15) is 0 Å². The summed E-state index contributed by atoms with van der Waals surface area (Å²) in [5.41, 5.74) is 0.365. The van der Waals surface area contributed by atoms with Gasteiger partial charge in [0.15, 0.2) is 0 Å². The van der Waals surface area contributed by atoms with Gasteiger partial charge in [-0.05, 0) is 32.4 Å². The maximum absolute atomic E-state index is 5.52. The van der Waals surface area contributed by atoms with Gasteiger partial charge in [-0.15, -0.1) is 0 Å². The van der Waals surface area contributed by atoms with Crippen LogP contribution in [0.25, 0.3) is 0 Å². The van der Waals surface area contributed by atoms with Crippen LogP contribution in [0.2, 0.25) is 0 Å². The minimum atomic E-state index is 0.365. The molecule has 0 atom stereocenters. The second-order valence-corrected chi connectivity index (χ2v) is 5.43. The summed E-state index contributed by atoms with van der Waals surface area (Å²) >= 11 is 0. The van der Waals surface area contributed by atoms with Crippen molar-refractivity contribution >= 4 is 0 Å². The van der Waals surface area contributed by atoms with E-state index in [2.05, 4.69) is 10.2 Å². The first kappa shape index (κ1) is 13.3. The fourth-order valence-electron chi connectivity index (χ4n) is 3.04. The highest BCUT2D eigenvalue weighted by atomic mass is 16.5. The zero-order valence-corrected chi connectivity index (χ0v) is 11.0. The molecule has 17 heavy (non-hydrogen) atoms. The van der Waals surface area contributed by atoms with E-state index in [-0.39, 0.29) is 0 Å². The molecule has 2 saturated heterocycles. The third kappa shape index (κ3) is 3.91. The number of hydrogen-bond donors (Lipinski definition) is 1. The molecule has 2 heterocycles. The second kappa shape index (κ2) is 6.69. The van der Waals surface area contributed by atoms with Crippen LogP contribution in [0.1, 0.15) is 19.3 Å². The van der Waals surface area contributed by atoms with Gasteiger partial charge in [0, 0.05) is 38.8 Å². The number of nitrogens with zero attached hydrogens (tertiary/aromatic N) is 1. The Hall–Kier alpha value is -0.160. The summed E-state index contributed by atoms with van der Waals surface area (Å²) in [5, 5.41) is 3.45. The molecular formula is C13H26N2O2. The van der Waals surface area contributed by atoms with Crippen molar-refractivity contribution in [2.45, 2.75) is 19.3 Å². The molecule has 0 aromatic rings. The van der Waals surface area contributed by atoms with E-state index in [1.54, 1.807) is 0 Å². The average Bonchev–Trinajstić information content (AvgIpc) is 2.59. The molecule has 0 aromatic carbocycles. The monoisotopic (exact) mass is 242 g/mol. The molecule has 0 amide bonds. The smallest absolute Gasteiger partial charge is 0.0593 e. The molecule has 0 aliphatic carbocycles. The van der Waals surface area contributed by atoms with Gasteiger partial charge >= 0.3 is 0 Å². The lowest BCUT2D eigenvalue weighted by molar-refractivity contribution is 0.0216. The Balaban J connectivity index is 1.90. The summed E-state index contributed by atoms with van der Waals surface area (Å²) in [6, 6.07) is 0. The van der Waals surface area contributed by atoms with E-state index in [0.29, 0.717) is 5.41 Å². The highest BCUT2D eigenvalue weighted by molar-refractivity contribution is 4.87. The summed E-state index contributed by atoms with van der Waals surface area (Å²) in [5.74, 6) is 0. The molecule has 2 rings (SSSR count). The Kier molecular flexibility index (Phi) is 5.22. The number of piperidine rings is 1. The predicted octanol–water partition coefficient (Wildman–Crippen LogP) is 0.725. The first-order chi connectivity index (χ1) is 8.35. The molecular weight excluding hydrogens is 216 g/mol. The lowest BCUT2D eigenvalue weighted by Crippen LogP contribution is -2.47. The molecule has 1 N–H and O–H groups in total. The van der Waals surface area contributed by atoms with Crippen LogP contribution < -0.4 is 5.32 Å². The van der Waals surface area contributed by atoms with Crippen molar-refractivity contribution in [3.63, 3.8) is 0 Å². The van der Waals surface area contributed by atoms with E-state index in [1.165, 1.54) is 32.4 Å². The minimum Gasteiger partial charge on any atom is -0.384 e. The summed E-state index contributed by atoms with van der Waals surface area (Å²) in [6.45, 7) is 8.41. The molecule has 2 aliphatic rings. The van der Waals surface area contributed by atoms with Gasteiger partial charge in [-0.25, -0.2) is 0 Å². The van der Waals surface area contributed by atoms with Crippen LogP contribution in [-0.4, -0.2) is 64.6 Å². The molecule has 0 radical (unpaired) electrons. The Morgan fingerprint density at radius 2 is 2.06 bits per heavy atom. The van der Waals surface area contributed by atoms with Crippen LogP contribution in [0.15, 0.2) is 0 Å². The molecule has 0 bridgehead atoms. The molecule has 0 spiro atoms. The Morgan fingerprint density at radius 3 is 2.82 bits per heavy atom. The molecule has 100 valence electrons. The highest BCUT2D eigenvalue weighted by Crippen LogP contribution is 2.30. The zero-order valence-electron chi connectivity index (χ0n) is 11.0. The number of ether oxygens (including phenoxy) is 2. The van der Waals surface area contributed by atoms with Crippen molar-refractivity contribution < 1.29 is 9.47 Å². The van der Waals surface area contributed by atoms with Gasteiger partial charge in [0.2, 0.25) is 0 Å². The van der Waals surface area contributed by atoms with Crippen molar-refractivity contribution in [1.82, 2.24) is 10.2 Å². The van der Waals surface area contributed by atoms with Crippen LogP contribution in [0.4, 0.5) is 0 Å². The quantitative estimate of drug-likeness (QED) is 0.788. The third-order valence-corrected chi connectivity index (χ3v) is 3.99. The van der Waals surface area contributed by atoms with Crippen molar-refractivity contribution in [2.24, 2.45) is 5.41 Å². The summed E-state index contributed by atoms with van der Waals surface area (Å²) in [6.07, 6.45) is 3.64. The summed E-state index contributed by atoms with van der Waals surface area (Å²) in [7, 11) is 1.83. The van der Waals surface area contributed by atoms with Gasteiger partial charge in [0.05, 0.1) is 13.2 Å². The number of nitrogens with one attached hydrogen (secondary N) is 1. The lowest BCUT2D eigenvalue weighted by Gasteiger charge is -2.40. The van der Waals surface area contributed by atoms with Gasteiger partial charge in [-0.3, -0.25) is 0 Å². The maximum Gasteiger partial charge on any atom is 0.0593 e. The topological polar surface area (TPSA) is 33.7 Å². The largest absolute Gasteiger partial charge is 0.384 e. The SMILES string of the molecule is COCC1(CN2CCCOCC2)CCNCC1. The van der Waals surface area contributed by atoms with E-state index >= 15 is 0 Å². The summed E-state index contributed by atoms with van der Waals surface area (Å²) in [4.78, 5) is 2.57. The van der Waals surface area contributed by atoms with Gasteiger partial charge in [-0.1, -0.05) is 0 Å². The van der Waals surface area contributed by atoms with E-state index < -0.39 is 0 Å². The van der Waals surface area contributed by atoms with Crippen molar-refractivity contribution in [3.8, 4) is 0 Å². The Morgan fingerprint density at radius 1 is 1.24 bits per heavy atom. The van der Waals surface area contributed by atoms with Crippen LogP contribution in [0, 0.1) is 5.41 Å². The highest BCUT2D eigenvalue weighted by Gasteiger charge is 2.34. The predicted molar refractivity (Wildman–Crippen MR) is 68.3 cm³/mol. The van der Waals surface area contributed by atoms with Crippen LogP contribution in [0.5, 0.6) is 0 Å². The molecule has 4 heteroatoms. The number of hydrogen-bond acceptors (Lipinski definition) is 4. The van der Waals surface area contributed by atoms with E-state index in [4.69, 9.17) is 9.47 Å². The van der Waals surface area contributed by atoms with Gasteiger partial charge < -0.3 is 19.7 Å². The van der Waals surface area contributed by atoms with Crippen molar-refractivity contribution in [1.29, 1.82) is 0 Å². The lowest BCUT2D eigenvalue weighted by atomic mass is 9.79. The molecule has 2 aliphatic heterocycles. The minimum absolute atomic E-state index is 0.365. The number of methoxy groups -OCH3 is 1. The van der Waals surface area contributed by atoms with Crippen LogP contribution in [-0.2, 0) is 9.47 Å². The molecule has 2 fully saturated rings. The Labute approximate surface area is 105 Å². The van der Waals surface area contributed by atoms with E-state index in [1.807, 2.05) is 7.11 Å². The average molecular weight is 242 g/mol. The normalized spacial score (nSPS) is 26.6. The second-order valence-electron chi connectivity index (χ2n) is 5.43. The van der Waals surface area contributed by atoms with Crippen LogP contribution >= 0.6 is 0 Å². The summed E-state index contributed by atoms with van der Waals surface area (Å²) < 4.78 is 11.0. The third-order valence-electron chi connectivity index (χ3n) is 3.99. The fraction of sp³-hybridized carbons (Fsp3) is 1.00. The first-order valence-corrected chi connectivity index (χ1v) is 6.84. The van der Waals surface area contributed by atoms with Crippen molar-refractivity contribution in [2.75, 3.05) is 59.7 Å². The molecule has 0 aromatic heterocycles. The van der Waals surface area contributed by atoms with Gasteiger partial charge in [-0.2, -0.15) is 0 Å². The Bertz CT molecular complexity index is 204. The molecule has 0 unspecified atom stereocenters. The van der Waals surface area contributed by atoms with Gasteiger partial charge in [0.1, 0.15) is 0 Å². The van der Waals surface area contributed by atoms with E-state index in [0.717, 1.165) is 39.5 Å². The van der Waals surface area contributed by atoms with Crippen molar-refractivity contribution in [3.05, 3.63) is 0 Å². The zero-order chi connectivity index (χ0) is 12.0. The first-order valence-electron chi connectivity index (χ1n) is 6.84. The maximum atomic E-state index is 5.52. The van der Waals surface area contributed by atoms with Crippen LogP contribution in [0.3, 0.4) is 0 Å². The fourth-order valence-corrected chi connectivity index (χ4v) is 3.04. The van der Waals surface area contributed by atoms with Gasteiger partial charge in [0.25, 0.3) is 0 Å². The molecule has 0 saturated carbocycles.